The summed E-state index contributed by atoms with van der Waals surface area (Å²) in [5.74, 6) is -0.836. The molecule has 0 spiro atoms. The van der Waals surface area contributed by atoms with Gasteiger partial charge in [-0.1, -0.05) is 392 Å². The largest absolute Gasteiger partial charge is 0.462 e. The van der Waals surface area contributed by atoms with E-state index in [1.54, 1.807) is 0 Å². The van der Waals surface area contributed by atoms with E-state index >= 15 is 0 Å². The second kappa shape index (κ2) is 72.6. The number of carbonyl (C=O) groups is 3. The van der Waals surface area contributed by atoms with Crippen molar-refractivity contribution in [1.29, 1.82) is 0 Å². The Bertz CT molecular complexity index is 1300. The van der Waals surface area contributed by atoms with Gasteiger partial charge in [0.25, 0.3) is 0 Å². The summed E-state index contributed by atoms with van der Waals surface area (Å²) in [6.45, 7) is 6.73. The molecule has 0 bridgehead atoms. The molecule has 0 aromatic rings. The molecule has 0 saturated heterocycles. The standard InChI is InChI=1S/C77H148O6/c1-4-7-10-13-16-19-22-25-28-30-32-33-34-35-36-37-38-39-40-41-42-43-44-45-47-49-52-55-58-61-64-67-70-76(79)82-73-74(72-81-75(78)69-66-63-60-57-54-51-48-27-24-21-18-15-12-9-6-3)83-77(80)71-68-65-62-59-56-53-50-46-31-29-26-23-20-17-14-11-8-5-2/h27,48,74H,4-26,28-47,49-73H2,1-3H3/b48-27-. The van der Waals surface area contributed by atoms with Crippen molar-refractivity contribution in [2.45, 2.75) is 451 Å². The molecule has 0 N–H and O–H groups in total. The predicted molar refractivity (Wildman–Crippen MR) is 363 cm³/mol. The minimum absolute atomic E-state index is 0.0655. The van der Waals surface area contributed by atoms with Crippen LogP contribution in [0.5, 0.6) is 0 Å². The number of rotatable bonds is 72. The van der Waals surface area contributed by atoms with E-state index in [1.807, 2.05) is 0 Å². The molecule has 0 aromatic carbocycles. The van der Waals surface area contributed by atoms with Crippen LogP contribution in [0.2, 0.25) is 0 Å². The molecule has 6 heteroatoms. The Hall–Kier alpha value is -1.85. The van der Waals surface area contributed by atoms with E-state index in [-0.39, 0.29) is 31.1 Å². The molecule has 0 rings (SSSR count). The van der Waals surface area contributed by atoms with Crippen LogP contribution < -0.4 is 0 Å². The third kappa shape index (κ3) is 70.8. The summed E-state index contributed by atoms with van der Waals surface area (Å²) < 4.78 is 17.0. The van der Waals surface area contributed by atoms with Crippen LogP contribution in [0.4, 0.5) is 0 Å². The van der Waals surface area contributed by atoms with Gasteiger partial charge < -0.3 is 14.2 Å². The second-order valence-corrected chi connectivity index (χ2v) is 26.3. The van der Waals surface area contributed by atoms with Crippen molar-refractivity contribution in [2.75, 3.05) is 13.2 Å². The smallest absolute Gasteiger partial charge is 0.306 e. The van der Waals surface area contributed by atoms with Gasteiger partial charge in [0, 0.05) is 19.3 Å². The lowest BCUT2D eigenvalue weighted by atomic mass is 10.0. The lowest BCUT2D eigenvalue weighted by Gasteiger charge is -2.18. The van der Waals surface area contributed by atoms with Crippen LogP contribution in [-0.4, -0.2) is 37.2 Å². The van der Waals surface area contributed by atoms with E-state index in [0.29, 0.717) is 19.3 Å². The molecule has 0 fully saturated rings. The maximum Gasteiger partial charge on any atom is 0.306 e. The Morgan fingerprint density at radius 2 is 0.398 bits per heavy atom. The molecular weight excluding hydrogens is 1020 g/mol. The molecule has 0 aliphatic heterocycles. The van der Waals surface area contributed by atoms with E-state index in [2.05, 4.69) is 32.9 Å². The van der Waals surface area contributed by atoms with Crippen LogP contribution in [0.15, 0.2) is 12.2 Å². The SMILES string of the molecule is CCCCCCCC/C=C\CCCCCCCC(=O)OCC(COC(=O)CCCCCCCCCCCCCCCCCCCCCCCCCCCCCCCCCC)OC(=O)CCCCCCCCCCCCCCCCCCCC. The number of hydrogen-bond donors (Lipinski definition) is 0. The molecular formula is C77H148O6. The summed E-state index contributed by atoms with van der Waals surface area (Å²) in [5, 5.41) is 0. The third-order valence-corrected chi connectivity index (χ3v) is 17.8. The first-order chi connectivity index (χ1) is 41.0. The van der Waals surface area contributed by atoms with Crippen LogP contribution in [0.3, 0.4) is 0 Å². The van der Waals surface area contributed by atoms with Crippen LogP contribution in [-0.2, 0) is 28.6 Å². The topological polar surface area (TPSA) is 78.9 Å². The summed E-state index contributed by atoms with van der Waals surface area (Å²) in [4.78, 5) is 38.5. The number of unbranched alkanes of at least 4 members (excludes halogenated alkanes) is 59. The molecule has 1 unspecified atom stereocenters. The molecule has 0 aromatic heterocycles. The first-order valence-electron chi connectivity index (χ1n) is 38.2. The molecule has 0 heterocycles. The monoisotopic (exact) mass is 1170 g/mol. The molecule has 0 amide bonds. The average molecular weight is 1170 g/mol. The summed E-state index contributed by atoms with van der Waals surface area (Å²) in [6.07, 6.45) is 88.4. The van der Waals surface area contributed by atoms with Crippen LogP contribution in [0, 0.1) is 0 Å². The summed E-state index contributed by atoms with van der Waals surface area (Å²) in [6, 6.07) is 0. The van der Waals surface area contributed by atoms with Crippen molar-refractivity contribution in [3.63, 3.8) is 0 Å². The lowest BCUT2D eigenvalue weighted by Crippen LogP contribution is -2.30. The predicted octanol–water partition coefficient (Wildman–Crippen LogP) is 26.3. The highest BCUT2D eigenvalue weighted by atomic mass is 16.6. The van der Waals surface area contributed by atoms with E-state index in [4.69, 9.17) is 14.2 Å². The fraction of sp³-hybridized carbons (Fsp3) is 0.935. The Balaban J connectivity index is 4.12. The number of carbonyl (C=O) groups excluding carboxylic acids is 3. The Labute approximate surface area is 520 Å². The van der Waals surface area contributed by atoms with Crippen LogP contribution in [0.1, 0.15) is 445 Å². The van der Waals surface area contributed by atoms with Gasteiger partial charge in [-0.15, -0.1) is 0 Å². The van der Waals surface area contributed by atoms with Gasteiger partial charge in [-0.05, 0) is 44.9 Å². The molecule has 0 saturated carbocycles. The highest BCUT2D eigenvalue weighted by Gasteiger charge is 2.20. The fourth-order valence-electron chi connectivity index (χ4n) is 12.0. The first-order valence-corrected chi connectivity index (χ1v) is 38.2. The van der Waals surface area contributed by atoms with Gasteiger partial charge in [0.05, 0.1) is 0 Å². The van der Waals surface area contributed by atoms with Crippen LogP contribution >= 0.6 is 0 Å². The summed E-state index contributed by atoms with van der Waals surface area (Å²) in [7, 11) is 0. The third-order valence-electron chi connectivity index (χ3n) is 17.8. The Morgan fingerprint density at radius 3 is 0.602 bits per heavy atom. The van der Waals surface area contributed by atoms with Crippen molar-refractivity contribution in [3.8, 4) is 0 Å². The van der Waals surface area contributed by atoms with Gasteiger partial charge >= 0.3 is 17.9 Å². The Morgan fingerprint density at radius 1 is 0.229 bits per heavy atom. The highest BCUT2D eigenvalue weighted by Crippen LogP contribution is 2.20. The van der Waals surface area contributed by atoms with Crippen molar-refractivity contribution >= 4 is 17.9 Å². The van der Waals surface area contributed by atoms with Gasteiger partial charge in [-0.25, -0.2) is 0 Å². The molecule has 0 radical (unpaired) electrons. The minimum Gasteiger partial charge on any atom is -0.462 e. The van der Waals surface area contributed by atoms with Crippen molar-refractivity contribution in [1.82, 2.24) is 0 Å². The van der Waals surface area contributed by atoms with Crippen molar-refractivity contribution in [2.24, 2.45) is 0 Å². The maximum atomic E-state index is 13.0. The van der Waals surface area contributed by atoms with Gasteiger partial charge in [0.15, 0.2) is 6.10 Å². The maximum absolute atomic E-state index is 13.0. The number of ether oxygens (including phenoxy) is 3. The molecule has 0 aliphatic carbocycles. The average Bonchev–Trinajstić information content (AvgIpc) is 3.49. The quantitative estimate of drug-likeness (QED) is 0.0261. The van der Waals surface area contributed by atoms with Crippen molar-refractivity contribution < 1.29 is 28.6 Å². The van der Waals surface area contributed by atoms with Crippen LogP contribution in [0.25, 0.3) is 0 Å². The van der Waals surface area contributed by atoms with Gasteiger partial charge in [0.2, 0.25) is 0 Å². The van der Waals surface area contributed by atoms with Crippen molar-refractivity contribution in [3.05, 3.63) is 12.2 Å². The normalized spacial score (nSPS) is 12.0. The molecule has 6 nitrogen and oxygen atoms in total. The minimum atomic E-state index is -0.770. The zero-order valence-corrected chi connectivity index (χ0v) is 56.8. The highest BCUT2D eigenvalue weighted by molar-refractivity contribution is 5.71. The van der Waals surface area contributed by atoms with Gasteiger partial charge in [-0.3, -0.25) is 14.4 Å². The Kier molecular flexibility index (Phi) is 71.0. The summed E-state index contributed by atoms with van der Waals surface area (Å²) in [5.41, 5.74) is 0. The molecule has 1 atom stereocenters. The number of allylic oxidation sites excluding steroid dienone is 2. The number of esters is 3. The molecule has 492 valence electrons. The number of hydrogen-bond acceptors (Lipinski definition) is 6. The van der Waals surface area contributed by atoms with E-state index in [0.717, 1.165) is 64.2 Å². The zero-order chi connectivity index (χ0) is 59.9. The lowest BCUT2D eigenvalue weighted by molar-refractivity contribution is -0.167. The van der Waals surface area contributed by atoms with Gasteiger partial charge in [0.1, 0.15) is 13.2 Å². The zero-order valence-electron chi connectivity index (χ0n) is 56.8. The van der Waals surface area contributed by atoms with E-state index < -0.39 is 6.10 Å². The molecule has 83 heavy (non-hydrogen) atoms. The molecule has 0 aliphatic rings. The van der Waals surface area contributed by atoms with Gasteiger partial charge in [-0.2, -0.15) is 0 Å². The summed E-state index contributed by atoms with van der Waals surface area (Å²) >= 11 is 0. The van der Waals surface area contributed by atoms with E-state index in [1.165, 1.54) is 340 Å². The van der Waals surface area contributed by atoms with E-state index in [9.17, 15) is 14.4 Å². The fourth-order valence-corrected chi connectivity index (χ4v) is 12.0. The first kappa shape index (κ1) is 81.2. The second-order valence-electron chi connectivity index (χ2n) is 26.3.